The van der Waals surface area contributed by atoms with Crippen LogP contribution in [0.25, 0.3) is 0 Å². The summed E-state index contributed by atoms with van der Waals surface area (Å²) in [5.41, 5.74) is 5.69. The van der Waals surface area contributed by atoms with Gasteiger partial charge in [0.25, 0.3) is 11.8 Å². The molecule has 1 aromatic heterocycles. The Bertz CT molecular complexity index is 1220. The van der Waals surface area contributed by atoms with E-state index in [4.69, 9.17) is 16.6 Å². The van der Waals surface area contributed by atoms with Gasteiger partial charge in [-0.25, -0.2) is 0 Å². The molecule has 1 fully saturated rings. The van der Waals surface area contributed by atoms with E-state index in [0.29, 0.717) is 35.8 Å². The Morgan fingerprint density at radius 2 is 1.56 bits per heavy atom. The molecule has 2 aliphatic rings. The van der Waals surface area contributed by atoms with Crippen LogP contribution in [0, 0.1) is 6.92 Å². The molecule has 0 spiro atoms. The van der Waals surface area contributed by atoms with Crippen LogP contribution in [0.3, 0.4) is 0 Å². The van der Waals surface area contributed by atoms with E-state index < -0.39 is 0 Å². The first kappa shape index (κ1) is 22.6. The van der Waals surface area contributed by atoms with E-state index in [-0.39, 0.29) is 17.7 Å². The predicted molar refractivity (Wildman–Crippen MR) is 133 cm³/mol. The largest absolute Gasteiger partial charge is 0.339 e. The van der Waals surface area contributed by atoms with Crippen molar-refractivity contribution in [3.05, 3.63) is 99.3 Å². The highest BCUT2D eigenvalue weighted by Gasteiger charge is 2.30. The summed E-state index contributed by atoms with van der Waals surface area (Å²) in [6.45, 7) is 4.61. The topological polar surface area (TPSA) is 53.5 Å². The number of halogens is 1. The Balaban J connectivity index is 1.31. The molecule has 0 unspecified atom stereocenters. The quantitative estimate of drug-likeness (QED) is 0.521. The second kappa shape index (κ2) is 9.59. The summed E-state index contributed by atoms with van der Waals surface area (Å²) in [5.74, 6) is 0.234. The smallest absolute Gasteiger partial charge is 0.256 e. The van der Waals surface area contributed by atoms with Gasteiger partial charge in [-0.3, -0.25) is 14.6 Å². The minimum atomic E-state index is 0.0237. The van der Waals surface area contributed by atoms with Crippen molar-refractivity contribution >= 4 is 23.4 Å². The van der Waals surface area contributed by atoms with E-state index >= 15 is 0 Å². The van der Waals surface area contributed by atoms with Gasteiger partial charge in [-0.1, -0.05) is 35.9 Å². The number of benzene rings is 2. The van der Waals surface area contributed by atoms with E-state index in [1.54, 1.807) is 24.3 Å². The van der Waals surface area contributed by atoms with Gasteiger partial charge in [0.15, 0.2) is 0 Å². The molecule has 5 rings (SSSR count). The highest BCUT2D eigenvalue weighted by atomic mass is 35.5. The molecular formula is C28H28ClN3O2. The monoisotopic (exact) mass is 473 g/mol. The van der Waals surface area contributed by atoms with Crippen molar-refractivity contribution in [2.75, 3.05) is 19.6 Å². The van der Waals surface area contributed by atoms with Gasteiger partial charge in [-0.2, -0.15) is 0 Å². The molecule has 3 heterocycles. The lowest BCUT2D eigenvalue weighted by Gasteiger charge is -2.34. The third kappa shape index (κ3) is 4.58. The second-order valence-corrected chi connectivity index (χ2v) is 9.64. The molecule has 6 heteroatoms. The maximum Gasteiger partial charge on any atom is 0.256 e. The first-order chi connectivity index (χ1) is 16.5. The van der Waals surface area contributed by atoms with Gasteiger partial charge in [0.1, 0.15) is 0 Å². The minimum Gasteiger partial charge on any atom is -0.339 e. The van der Waals surface area contributed by atoms with Crippen LogP contribution in [0.4, 0.5) is 0 Å². The van der Waals surface area contributed by atoms with Crippen molar-refractivity contribution < 1.29 is 9.59 Å². The van der Waals surface area contributed by atoms with Crippen molar-refractivity contribution in [1.82, 2.24) is 14.8 Å². The minimum absolute atomic E-state index is 0.0237. The third-order valence-corrected chi connectivity index (χ3v) is 7.22. The summed E-state index contributed by atoms with van der Waals surface area (Å²) in [6.07, 6.45) is 2.46. The van der Waals surface area contributed by atoms with Crippen molar-refractivity contribution in [1.29, 1.82) is 0 Å². The molecule has 0 saturated carbocycles. The van der Waals surface area contributed by atoms with Crippen LogP contribution in [0.5, 0.6) is 0 Å². The number of nitrogens with zero attached hydrogens (tertiary/aromatic N) is 3. The summed E-state index contributed by atoms with van der Waals surface area (Å²) < 4.78 is 0. The molecule has 2 aliphatic heterocycles. The average Bonchev–Trinajstić information content (AvgIpc) is 2.88. The molecule has 174 valence electrons. The van der Waals surface area contributed by atoms with Gasteiger partial charge >= 0.3 is 0 Å². The van der Waals surface area contributed by atoms with E-state index in [2.05, 4.69) is 18.2 Å². The predicted octanol–water partition coefficient (Wildman–Crippen LogP) is 5.26. The number of carbonyl (C=O) groups is 2. The zero-order chi connectivity index (χ0) is 23.7. The zero-order valence-corrected chi connectivity index (χ0v) is 20.1. The van der Waals surface area contributed by atoms with Gasteiger partial charge in [0, 0.05) is 48.4 Å². The van der Waals surface area contributed by atoms with E-state index in [1.165, 1.54) is 11.1 Å². The number of fused-ring (bicyclic) bond motifs is 1. The molecule has 0 N–H and O–H groups in total. The number of aryl methyl sites for hydroxylation is 1. The lowest BCUT2D eigenvalue weighted by atomic mass is 9.89. The summed E-state index contributed by atoms with van der Waals surface area (Å²) in [4.78, 5) is 35.1. The van der Waals surface area contributed by atoms with Gasteiger partial charge < -0.3 is 9.80 Å². The number of likely N-dealkylation sites (tertiary alicyclic amines) is 1. The first-order valence-corrected chi connectivity index (χ1v) is 12.3. The first-order valence-electron chi connectivity index (χ1n) is 11.9. The summed E-state index contributed by atoms with van der Waals surface area (Å²) in [6, 6.07) is 19.2. The molecule has 0 bridgehead atoms. The van der Waals surface area contributed by atoms with E-state index in [0.717, 1.165) is 37.2 Å². The second-order valence-electron chi connectivity index (χ2n) is 9.20. The Labute approximate surface area is 205 Å². The van der Waals surface area contributed by atoms with Crippen molar-refractivity contribution in [2.24, 2.45) is 0 Å². The van der Waals surface area contributed by atoms with Gasteiger partial charge in [-0.05, 0) is 73.7 Å². The fourth-order valence-corrected chi connectivity index (χ4v) is 5.17. The van der Waals surface area contributed by atoms with Crippen LogP contribution < -0.4 is 0 Å². The number of aromatic nitrogens is 1. The number of hydrogen-bond acceptors (Lipinski definition) is 3. The van der Waals surface area contributed by atoms with Crippen molar-refractivity contribution in [3.8, 4) is 0 Å². The Morgan fingerprint density at radius 1 is 0.853 bits per heavy atom. The standard InChI is InChI=1S/C28H28ClN3O2/c1-19-6-11-25(28(34)32-17-12-20-4-2-3-5-23(20)18-32)26(30-19)21-13-15-31(16-14-21)27(33)22-7-9-24(29)10-8-22/h2-11,21H,12-18H2,1H3. The van der Waals surface area contributed by atoms with Gasteiger partial charge in [-0.15, -0.1) is 0 Å². The number of rotatable bonds is 3. The highest BCUT2D eigenvalue weighted by molar-refractivity contribution is 6.30. The molecule has 5 nitrogen and oxygen atoms in total. The molecule has 1 saturated heterocycles. The average molecular weight is 474 g/mol. The maximum absolute atomic E-state index is 13.6. The molecule has 2 aromatic carbocycles. The molecule has 2 amide bonds. The lowest BCUT2D eigenvalue weighted by molar-refractivity contribution is 0.0699. The lowest BCUT2D eigenvalue weighted by Crippen LogP contribution is -2.39. The summed E-state index contributed by atoms with van der Waals surface area (Å²) >= 11 is 5.96. The molecule has 34 heavy (non-hydrogen) atoms. The van der Waals surface area contributed by atoms with Gasteiger partial charge in [0.2, 0.25) is 0 Å². The number of amides is 2. The Morgan fingerprint density at radius 3 is 2.29 bits per heavy atom. The zero-order valence-electron chi connectivity index (χ0n) is 19.3. The van der Waals surface area contributed by atoms with Crippen molar-refractivity contribution in [2.45, 2.75) is 38.6 Å². The summed E-state index contributed by atoms with van der Waals surface area (Å²) in [5, 5.41) is 0.621. The Hall–Kier alpha value is -3.18. The van der Waals surface area contributed by atoms with Crippen LogP contribution in [0.1, 0.15) is 62.0 Å². The molecule has 0 atom stereocenters. The molecule has 0 aliphatic carbocycles. The maximum atomic E-state index is 13.6. The number of pyridine rings is 1. The molecular weight excluding hydrogens is 446 g/mol. The van der Waals surface area contributed by atoms with Crippen LogP contribution >= 0.6 is 11.6 Å². The van der Waals surface area contributed by atoms with Gasteiger partial charge in [0.05, 0.1) is 11.3 Å². The highest BCUT2D eigenvalue weighted by Crippen LogP contribution is 2.31. The van der Waals surface area contributed by atoms with E-state index in [1.807, 2.05) is 34.9 Å². The van der Waals surface area contributed by atoms with Crippen LogP contribution in [0.15, 0.2) is 60.7 Å². The normalized spacial score (nSPS) is 16.3. The number of carbonyl (C=O) groups excluding carboxylic acids is 2. The van der Waals surface area contributed by atoms with E-state index in [9.17, 15) is 9.59 Å². The fourth-order valence-electron chi connectivity index (χ4n) is 5.04. The SMILES string of the molecule is Cc1ccc(C(=O)N2CCc3ccccc3C2)c(C2CCN(C(=O)c3ccc(Cl)cc3)CC2)n1. The van der Waals surface area contributed by atoms with Crippen LogP contribution in [-0.4, -0.2) is 46.2 Å². The Kier molecular flexibility index (Phi) is 6.38. The third-order valence-electron chi connectivity index (χ3n) is 6.97. The van der Waals surface area contributed by atoms with Crippen LogP contribution in [0.2, 0.25) is 5.02 Å². The molecule has 3 aromatic rings. The van der Waals surface area contributed by atoms with Crippen LogP contribution in [-0.2, 0) is 13.0 Å². The fraction of sp³-hybridized carbons (Fsp3) is 0.321. The summed E-state index contributed by atoms with van der Waals surface area (Å²) in [7, 11) is 0. The number of hydrogen-bond donors (Lipinski definition) is 0. The van der Waals surface area contributed by atoms with Crippen molar-refractivity contribution in [3.63, 3.8) is 0 Å². The number of piperidine rings is 1. The molecule has 0 radical (unpaired) electrons.